The summed E-state index contributed by atoms with van der Waals surface area (Å²) in [6.45, 7) is -0.258. The molecule has 2 saturated heterocycles. The second-order valence-corrected chi connectivity index (χ2v) is 11.1. The predicted octanol–water partition coefficient (Wildman–Crippen LogP) is -7.53. The number of aliphatic hydroxyl groups is 7. The van der Waals surface area contributed by atoms with Crippen LogP contribution in [-0.4, -0.2) is 160 Å². The van der Waals surface area contributed by atoms with Gasteiger partial charge in [0.25, 0.3) is 5.91 Å². The van der Waals surface area contributed by atoms with Crippen molar-refractivity contribution in [2.45, 2.75) is 105 Å². The van der Waals surface area contributed by atoms with E-state index in [0.29, 0.717) is 25.9 Å². The van der Waals surface area contributed by atoms with Crippen molar-refractivity contribution in [2.24, 2.45) is 28.9 Å². The molecule has 2 aliphatic heterocycles. The Morgan fingerprint density at radius 1 is 1.00 bits per heavy atom. The average molecular weight is 597 g/mol. The third kappa shape index (κ3) is 8.08. The summed E-state index contributed by atoms with van der Waals surface area (Å²) in [4.78, 5) is 12.7. The number of carbonyl (C=O) groups excluding carboxylic acids is 1. The molecule has 3 aliphatic rings. The van der Waals surface area contributed by atoms with Gasteiger partial charge in [-0.25, -0.2) is 0 Å². The molecule has 0 aromatic heterocycles. The normalized spacial score (nSPS) is 43.3. The molecule has 0 bridgehead atoms. The third-order valence-corrected chi connectivity index (χ3v) is 8.21. The Morgan fingerprint density at radius 3 is 2.34 bits per heavy atom. The molecule has 15 unspecified atom stereocenters. The Morgan fingerprint density at radius 2 is 1.71 bits per heavy atom. The SMILES string of the molecule is NCC(O)C(O)C(=O)NC1CC(N)C(C2OC(CNCCO)CCC2N)C(O)C1OC1OC(CO)C(O)C(N)C1O. The minimum atomic E-state index is -1.88. The van der Waals surface area contributed by atoms with Gasteiger partial charge in [-0.1, -0.05) is 0 Å². The van der Waals surface area contributed by atoms with Crippen molar-refractivity contribution in [2.75, 3.05) is 32.8 Å². The Labute approximate surface area is 238 Å². The molecule has 240 valence electrons. The van der Waals surface area contributed by atoms with E-state index in [2.05, 4.69) is 10.6 Å². The van der Waals surface area contributed by atoms with E-state index in [0.717, 1.165) is 0 Å². The largest absolute Gasteiger partial charge is 0.395 e. The Kier molecular flexibility index (Phi) is 13.0. The van der Waals surface area contributed by atoms with Crippen LogP contribution in [0.1, 0.15) is 19.3 Å². The molecule has 0 spiro atoms. The van der Waals surface area contributed by atoms with Gasteiger partial charge in [-0.15, -0.1) is 0 Å². The molecule has 3 fully saturated rings. The molecule has 1 amide bonds. The summed E-state index contributed by atoms with van der Waals surface area (Å²) < 4.78 is 17.8. The molecule has 0 aromatic rings. The minimum Gasteiger partial charge on any atom is -0.395 e. The van der Waals surface area contributed by atoms with E-state index in [9.17, 15) is 35.4 Å². The van der Waals surface area contributed by atoms with E-state index in [4.69, 9.17) is 42.3 Å². The van der Waals surface area contributed by atoms with Gasteiger partial charge in [-0.2, -0.15) is 0 Å². The summed E-state index contributed by atoms with van der Waals surface area (Å²) in [6, 6.07) is -3.60. The van der Waals surface area contributed by atoms with Crippen LogP contribution in [0.25, 0.3) is 0 Å². The fraction of sp³-hybridized carbons (Fsp3) is 0.958. The van der Waals surface area contributed by atoms with Gasteiger partial charge in [0.05, 0.1) is 43.6 Å². The van der Waals surface area contributed by atoms with Crippen LogP contribution in [0.5, 0.6) is 0 Å². The molecule has 17 nitrogen and oxygen atoms in total. The van der Waals surface area contributed by atoms with Gasteiger partial charge in [-0.05, 0) is 19.3 Å². The lowest BCUT2D eigenvalue weighted by Gasteiger charge is -2.51. The second kappa shape index (κ2) is 15.6. The summed E-state index contributed by atoms with van der Waals surface area (Å²) in [5.41, 5.74) is 24.2. The van der Waals surface area contributed by atoms with Crippen molar-refractivity contribution in [1.29, 1.82) is 0 Å². The van der Waals surface area contributed by atoms with Gasteiger partial charge in [0.1, 0.15) is 30.5 Å². The zero-order chi connectivity index (χ0) is 30.4. The summed E-state index contributed by atoms with van der Waals surface area (Å²) >= 11 is 0. The monoisotopic (exact) mass is 596 g/mol. The summed E-state index contributed by atoms with van der Waals surface area (Å²) in [5, 5.41) is 76.8. The summed E-state index contributed by atoms with van der Waals surface area (Å²) in [5.74, 6) is -1.80. The van der Waals surface area contributed by atoms with E-state index in [1.165, 1.54) is 0 Å². The number of aliphatic hydroxyl groups excluding tert-OH is 7. The zero-order valence-corrected chi connectivity index (χ0v) is 22.9. The number of rotatable bonds is 12. The van der Waals surface area contributed by atoms with Crippen LogP contribution in [0.4, 0.5) is 0 Å². The molecular weight excluding hydrogens is 548 g/mol. The third-order valence-electron chi connectivity index (χ3n) is 8.21. The maximum absolute atomic E-state index is 12.7. The van der Waals surface area contributed by atoms with E-state index in [1.807, 2.05) is 0 Å². The van der Waals surface area contributed by atoms with Crippen molar-refractivity contribution in [3.8, 4) is 0 Å². The Hall–Kier alpha value is -1.13. The van der Waals surface area contributed by atoms with Gasteiger partial charge in [0.15, 0.2) is 12.4 Å². The van der Waals surface area contributed by atoms with E-state index in [-0.39, 0.29) is 25.7 Å². The van der Waals surface area contributed by atoms with Crippen molar-refractivity contribution in [3.05, 3.63) is 0 Å². The highest BCUT2D eigenvalue weighted by atomic mass is 16.7. The molecule has 0 aromatic carbocycles. The number of nitrogens with two attached hydrogens (primary N) is 4. The number of ether oxygens (including phenoxy) is 3. The smallest absolute Gasteiger partial charge is 0.251 e. The van der Waals surface area contributed by atoms with E-state index >= 15 is 0 Å². The van der Waals surface area contributed by atoms with Gasteiger partial charge in [0, 0.05) is 37.6 Å². The Balaban J connectivity index is 1.86. The number of hydrogen-bond donors (Lipinski definition) is 13. The molecule has 17 heteroatoms. The van der Waals surface area contributed by atoms with Crippen LogP contribution in [-0.2, 0) is 19.0 Å². The van der Waals surface area contributed by atoms with Crippen LogP contribution in [0, 0.1) is 5.92 Å². The van der Waals surface area contributed by atoms with Crippen molar-refractivity contribution in [1.82, 2.24) is 10.6 Å². The lowest BCUT2D eigenvalue weighted by atomic mass is 9.72. The fourth-order valence-corrected chi connectivity index (χ4v) is 5.81. The van der Waals surface area contributed by atoms with Crippen LogP contribution in [0.3, 0.4) is 0 Å². The van der Waals surface area contributed by atoms with Crippen molar-refractivity contribution >= 4 is 5.91 Å². The second-order valence-electron chi connectivity index (χ2n) is 11.1. The van der Waals surface area contributed by atoms with E-state index < -0.39 is 97.7 Å². The van der Waals surface area contributed by atoms with Crippen LogP contribution < -0.4 is 33.6 Å². The molecule has 2 heterocycles. The van der Waals surface area contributed by atoms with Crippen molar-refractivity contribution in [3.63, 3.8) is 0 Å². The lowest BCUT2D eigenvalue weighted by molar-refractivity contribution is -0.306. The highest BCUT2D eigenvalue weighted by Gasteiger charge is 2.53. The van der Waals surface area contributed by atoms with Gasteiger partial charge in [-0.3, -0.25) is 4.79 Å². The first-order chi connectivity index (χ1) is 19.4. The van der Waals surface area contributed by atoms with Crippen molar-refractivity contribution < 1.29 is 54.8 Å². The van der Waals surface area contributed by atoms with Crippen LogP contribution >= 0.6 is 0 Å². The fourth-order valence-electron chi connectivity index (χ4n) is 5.81. The number of amides is 1. The highest BCUT2D eigenvalue weighted by Crippen LogP contribution is 2.36. The first-order valence-electron chi connectivity index (χ1n) is 14.0. The maximum Gasteiger partial charge on any atom is 0.251 e. The predicted molar refractivity (Wildman–Crippen MR) is 142 cm³/mol. The Bertz CT molecular complexity index is 818. The standard InChI is InChI=1S/C24H48N6O11/c25-6-13(33)17(34)23(38)30-12-5-11(27)15(21-10(26)2-1-9(39-21)7-29-3-4-31)19(36)22(12)41-24-20(37)16(28)18(35)14(8-32)40-24/h9-22,24,29,31-37H,1-8,25-28H2,(H,30,38). The first-order valence-corrected chi connectivity index (χ1v) is 14.0. The number of hydrogen-bond acceptors (Lipinski definition) is 16. The molecule has 1 saturated carbocycles. The molecule has 17 N–H and O–H groups in total. The molecule has 1 aliphatic carbocycles. The van der Waals surface area contributed by atoms with E-state index in [1.54, 1.807) is 0 Å². The topological polar surface area (TPSA) is 315 Å². The molecular formula is C24H48N6O11. The van der Waals surface area contributed by atoms with Gasteiger partial charge < -0.3 is 83.5 Å². The molecule has 3 rings (SSSR count). The summed E-state index contributed by atoms with van der Waals surface area (Å²) in [6.07, 6.45) is -11.7. The molecule has 41 heavy (non-hydrogen) atoms. The van der Waals surface area contributed by atoms with Crippen LogP contribution in [0.2, 0.25) is 0 Å². The van der Waals surface area contributed by atoms with Gasteiger partial charge in [0.2, 0.25) is 0 Å². The average Bonchev–Trinajstić information content (AvgIpc) is 2.95. The maximum atomic E-state index is 12.7. The highest BCUT2D eigenvalue weighted by molar-refractivity contribution is 5.81. The first kappa shape index (κ1) is 34.4. The lowest BCUT2D eigenvalue weighted by Crippen LogP contribution is -2.69. The van der Waals surface area contributed by atoms with Crippen LogP contribution in [0.15, 0.2) is 0 Å². The number of nitrogens with one attached hydrogen (secondary N) is 2. The molecule has 15 atom stereocenters. The number of carbonyl (C=O) groups is 1. The molecule has 0 radical (unpaired) electrons. The minimum absolute atomic E-state index is 0.00447. The van der Waals surface area contributed by atoms with Gasteiger partial charge >= 0.3 is 0 Å². The quantitative estimate of drug-likeness (QED) is 0.0930. The zero-order valence-electron chi connectivity index (χ0n) is 22.9. The summed E-state index contributed by atoms with van der Waals surface area (Å²) in [7, 11) is 0.